The van der Waals surface area contributed by atoms with E-state index >= 15 is 0 Å². The van der Waals surface area contributed by atoms with Gasteiger partial charge in [-0.25, -0.2) is 0 Å². The van der Waals surface area contributed by atoms with Crippen molar-refractivity contribution in [3.63, 3.8) is 0 Å². The molecule has 0 N–H and O–H groups in total. The molecule has 18 heavy (non-hydrogen) atoms. The van der Waals surface area contributed by atoms with Crippen molar-refractivity contribution in [2.45, 2.75) is 41.5 Å². The van der Waals surface area contributed by atoms with Gasteiger partial charge in [-0.05, 0) is 25.5 Å². The van der Waals surface area contributed by atoms with E-state index in [1.54, 1.807) is 4.80 Å². The smallest absolute Gasteiger partial charge is 0.120 e. The maximum atomic E-state index is 4.35. The molecule has 0 amide bonds. The van der Waals surface area contributed by atoms with E-state index in [4.69, 9.17) is 0 Å². The van der Waals surface area contributed by atoms with Gasteiger partial charge in [0.05, 0.1) is 0 Å². The largest absolute Gasteiger partial charge is 0.187 e. The van der Waals surface area contributed by atoms with Gasteiger partial charge in [0.25, 0.3) is 0 Å². The third kappa shape index (κ3) is 3.69. The summed E-state index contributed by atoms with van der Waals surface area (Å²) in [5.41, 5.74) is 4.32. The van der Waals surface area contributed by atoms with Gasteiger partial charge in [-0.15, -0.1) is 0 Å². The van der Waals surface area contributed by atoms with Gasteiger partial charge in [-0.1, -0.05) is 45.9 Å². The van der Waals surface area contributed by atoms with E-state index in [1.165, 1.54) is 5.56 Å². The molecular formula is C15H25N3. The number of hydrogen-bond donors (Lipinski definition) is 0. The Bertz CT molecular complexity index is 496. The van der Waals surface area contributed by atoms with E-state index in [-0.39, 0.29) is 0 Å². The van der Waals surface area contributed by atoms with Crippen LogP contribution in [0.3, 0.4) is 0 Å². The lowest BCUT2D eigenvalue weighted by Gasteiger charge is -1.98. The zero-order valence-electron chi connectivity index (χ0n) is 12.7. The first kappa shape index (κ1) is 16.4. The van der Waals surface area contributed by atoms with Crippen LogP contribution in [0.2, 0.25) is 0 Å². The summed E-state index contributed by atoms with van der Waals surface area (Å²) < 4.78 is 0. The maximum absolute atomic E-state index is 4.35. The van der Waals surface area contributed by atoms with Gasteiger partial charge in [-0.2, -0.15) is 15.0 Å². The molecule has 0 unspecified atom stereocenters. The van der Waals surface area contributed by atoms with Gasteiger partial charge < -0.3 is 0 Å². The van der Waals surface area contributed by atoms with E-state index in [0.717, 1.165) is 16.6 Å². The molecule has 0 spiro atoms. The highest BCUT2D eigenvalue weighted by molar-refractivity contribution is 5.85. The second-order valence-corrected chi connectivity index (χ2v) is 3.35. The van der Waals surface area contributed by atoms with Crippen molar-refractivity contribution in [2.24, 2.45) is 7.05 Å². The second kappa shape index (κ2) is 8.45. The standard InChI is InChI=1S/C11H13N3.2C2H6/c1-4-5-9-8(2)6-7-10-11(9)13-14(3)12-10;2*1-2/h4-7H,1-3H3;2*1-2H3/b5-4-;;. The van der Waals surface area contributed by atoms with Crippen molar-refractivity contribution in [2.75, 3.05) is 0 Å². The summed E-state index contributed by atoms with van der Waals surface area (Å²) in [5.74, 6) is 0. The predicted octanol–water partition coefficient (Wildman–Crippen LogP) is 4.36. The lowest BCUT2D eigenvalue weighted by molar-refractivity contribution is 0.665. The normalized spacial score (nSPS) is 9.72. The number of hydrogen-bond acceptors (Lipinski definition) is 2. The average Bonchev–Trinajstić information content (AvgIpc) is 2.79. The number of aromatic nitrogens is 3. The third-order valence-corrected chi connectivity index (χ3v) is 2.24. The van der Waals surface area contributed by atoms with E-state index in [1.807, 2.05) is 53.8 Å². The van der Waals surface area contributed by atoms with Crippen LogP contribution in [-0.2, 0) is 7.05 Å². The maximum Gasteiger partial charge on any atom is 0.120 e. The van der Waals surface area contributed by atoms with Crippen LogP contribution in [-0.4, -0.2) is 15.0 Å². The van der Waals surface area contributed by atoms with Crippen LogP contribution < -0.4 is 0 Å². The summed E-state index contributed by atoms with van der Waals surface area (Å²) in [7, 11) is 1.84. The van der Waals surface area contributed by atoms with E-state index < -0.39 is 0 Å². The van der Waals surface area contributed by atoms with Crippen LogP contribution in [0.4, 0.5) is 0 Å². The summed E-state index contributed by atoms with van der Waals surface area (Å²) in [6.45, 7) is 12.1. The molecule has 1 heterocycles. The van der Waals surface area contributed by atoms with Crippen LogP contribution in [0.1, 0.15) is 45.7 Å². The van der Waals surface area contributed by atoms with E-state index in [2.05, 4.69) is 29.3 Å². The van der Waals surface area contributed by atoms with Crippen LogP contribution in [0.5, 0.6) is 0 Å². The third-order valence-electron chi connectivity index (χ3n) is 2.24. The molecular weight excluding hydrogens is 222 g/mol. The fourth-order valence-electron chi connectivity index (χ4n) is 1.58. The first-order valence-electron chi connectivity index (χ1n) is 6.65. The van der Waals surface area contributed by atoms with Crippen molar-refractivity contribution < 1.29 is 0 Å². The Labute approximate surface area is 111 Å². The summed E-state index contributed by atoms with van der Waals surface area (Å²) >= 11 is 0. The fourth-order valence-corrected chi connectivity index (χ4v) is 1.58. The number of fused-ring (bicyclic) bond motifs is 1. The number of benzene rings is 1. The molecule has 2 rings (SSSR count). The SMILES string of the molecule is C/C=C\c1c(C)ccc2nn(C)nc12.CC.CC. The number of allylic oxidation sites excluding steroid dienone is 1. The Morgan fingerprint density at radius 2 is 1.67 bits per heavy atom. The molecule has 2 aromatic rings. The van der Waals surface area contributed by atoms with Crippen molar-refractivity contribution in [3.8, 4) is 0 Å². The van der Waals surface area contributed by atoms with Gasteiger partial charge in [0, 0.05) is 12.6 Å². The molecule has 1 aromatic heterocycles. The Kier molecular flexibility index (Phi) is 7.68. The van der Waals surface area contributed by atoms with Gasteiger partial charge in [0.1, 0.15) is 11.0 Å². The van der Waals surface area contributed by atoms with Gasteiger partial charge >= 0.3 is 0 Å². The van der Waals surface area contributed by atoms with Gasteiger partial charge in [0.15, 0.2) is 0 Å². The summed E-state index contributed by atoms with van der Waals surface area (Å²) in [6.07, 6.45) is 4.10. The number of aryl methyl sites for hydroxylation is 2. The minimum atomic E-state index is 0.950. The predicted molar refractivity (Wildman–Crippen MR) is 80.7 cm³/mol. The zero-order valence-corrected chi connectivity index (χ0v) is 12.7. The Balaban J connectivity index is 0.000000659. The van der Waals surface area contributed by atoms with Crippen molar-refractivity contribution >= 4 is 17.1 Å². The lowest BCUT2D eigenvalue weighted by Crippen LogP contribution is -1.91. The highest BCUT2D eigenvalue weighted by atomic mass is 15.4. The quantitative estimate of drug-likeness (QED) is 0.749. The fraction of sp³-hybridized carbons (Fsp3) is 0.467. The van der Waals surface area contributed by atoms with Crippen molar-refractivity contribution in [1.82, 2.24) is 15.0 Å². The highest BCUT2D eigenvalue weighted by Gasteiger charge is 2.06. The van der Waals surface area contributed by atoms with Crippen LogP contribution in [0.25, 0.3) is 17.1 Å². The Morgan fingerprint density at radius 1 is 1.06 bits per heavy atom. The summed E-state index contributed by atoms with van der Waals surface area (Å²) in [5, 5.41) is 8.62. The number of rotatable bonds is 1. The summed E-state index contributed by atoms with van der Waals surface area (Å²) in [4.78, 5) is 1.61. The molecule has 0 aliphatic rings. The van der Waals surface area contributed by atoms with Gasteiger partial charge in [-0.3, -0.25) is 0 Å². The molecule has 3 nitrogen and oxygen atoms in total. The topological polar surface area (TPSA) is 30.7 Å². The first-order chi connectivity index (χ1) is 8.72. The molecule has 0 aliphatic heterocycles. The highest BCUT2D eigenvalue weighted by Crippen LogP contribution is 2.19. The summed E-state index contributed by atoms with van der Waals surface area (Å²) in [6, 6.07) is 4.08. The minimum absolute atomic E-state index is 0.950. The molecule has 0 atom stereocenters. The molecule has 0 fully saturated rings. The molecule has 0 saturated carbocycles. The molecule has 0 aliphatic carbocycles. The molecule has 0 bridgehead atoms. The van der Waals surface area contributed by atoms with Crippen LogP contribution in [0, 0.1) is 6.92 Å². The Hall–Kier alpha value is -1.64. The first-order valence-corrected chi connectivity index (χ1v) is 6.65. The van der Waals surface area contributed by atoms with Crippen LogP contribution >= 0.6 is 0 Å². The zero-order chi connectivity index (χ0) is 14.1. The molecule has 1 aromatic carbocycles. The molecule has 100 valence electrons. The van der Waals surface area contributed by atoms with Gasteiger partial charge in [0.2, 0.25) is 0 Å². The second-order valence-electron chi connectivity index (χ2n) is 3.35. The number of nitrogens with zero attached hydrogens (tertiary/aromatic N) is 3. The van der Waals surface area contributed by atoms with E-state index in [9.17, 15) is 0 Å². The molecule has 0 radical (unpaired) electrons. The molecule has 0 saturated heterocycles. The minimum Gasteiger partial charge on any atom is -0.187 e. The lowest BCUT2D eigenvalue weighted by atomic mass is 10.1. The Morgan fingerprint density at radius 3 is 2.22 bits per heavy atom. The molecule has 3 heteroatoms. The van der Waals surface area contributed by atoms with Crippen LogP contribution in [0.15, 0.2) is 18.2 Å². The van der Waals surface area contributed by atoms with E-state index in [0.29, 0.717) is 0 Å². The monoisotopic (exact) mass is 247 g/mol. The average molecular weight is 247 g/mol. The van der Waals surface area contributed by atoms with Crippen molar-refractivity contribution in [3.05, 3.63) is 29.3 Å². The van der Waals surface area contributed by atoms with Crippen molar-refractivity contribution in [1.29, 1.82) is 0 Å².